The summed E-state index contributed by atoms with van der Waals surface area (Å²) in [6, 6.07) is 0.372. The molecule has 0 saturated carbocycles. The molecule has 0 spiro atoms. The van der Waals surface area contributed by atoms with Crippen LogP contribution in [0.15, 0.2) is 40.7 Å². The average molecular weight is 518 g/mol. The maximum Gasteiger partial charge on any atom is 0.324 e. The average Bonchev–Trinajstić information content (AvgIpc) is 3.39. The third-order valence-electron chi connectivity index (χ3n) is 7.22. The van der Waals surface area contributed by atoms with Crippen molar-refractivity contribution in [1.82, 2.24) is 20.1 Å². The second-order valence-corrected chi connectivity index (χ2v) is 9.94. The molecule has 2 aromatic rings. The summed E-state index contributed by atoms with van der Waals surface area (Å²) < 4.78 is 38.4. The van der Waals surface area contributed by atoms with Gasteiger partial charge in [0.15, 0.2) is 11.6 Å². The number of nitrogens with zero attached hydrogens (tertiary/aromatic N) is 6. The molecule has 11 heteroatoms. The van der Waals surface area contributed by atoms with Gasteiger partial charge in [0, 0.05) is 45.1 Å². The van der Waals surface area contributed by atoms with E-state index in [4.69, 9.17) is 15.0 Å². The van der Waals surface area contributed by atoms with E-state index in [-0.39, 0.29) is 30.3 Å². The van der Waals surface area contributed by atoms with E-state index in [1.165, 1.54) is 13.0 Å². The maximum atomic E-state index is 14.1. The van der Waals surface area contributed by atoms with Gasteiger partial charge in [-0.1, -0.05) is 12.1 Å². The molecule has 2 saturated heterocycles. The minimum atomic E-state index is -0.426. The number of nitrogens with two attached hydrogens (primary N) is 1. The van der Waals surface area contributed by atoms with Crippen molar-refractivity contribution in [2.75, 3.05) is 36.0 Å². The quantitative estimate of drug-likeness (QED) is 0.485. The second kappa shape index (κ2) is 12.4. The number of hydrogen-bond donors (Lipinski definition) is 1. The first-order valence-electron chi connectivity index (χ1n) is 13.1. The fourth-order valence-electron chi connectivity index (χ4n) is 4.91. The van der Waals surface area contributed by atoms with Crippen LogP contribution in [0, 0.1) is 11.8 Å². The van der Waals surface area contributed by atoms with Gasteiger partial charge in [-0.3, -0.25) is 0 Å². The van der Waals surface area contributed by atoms with E-state index in [9.17, 15) is 8.78 Å². The van der Waals surface area contributed by atoms with Crippen LogP contribution in [-0.4, -0.2) is 58.4 Å². The molecule has 2 N–H and O–H groups in total. The Labute approximate surface area is 216 Å². The van der Waals surface area contributed by atoms with Gasteiger partial charge in [-0.15, -0.1) is 0 Å². The minimum absolute atomic E-state index is 0.00999. The smallest absolute Gasteiger partial charge is 0.324 e. The molecule has 4 rings (SSSR count). The number of ether oxygens (including phenoxy) is 1. The lowest BCUT2D eigenvalue weighted by molar-refractivity contribution is 0.131. The lowest BCUT2D eigenvalue weighted by atomic mass is 9.89. The SMILES string of the molecule is CCc1noc(N2CCC(C(C)Oc3cnc(N4CCC(CC(F)=CC=C(C)F)C(N)C4)nc3)CC2)n1. The summed E-state index contributed by atoms with van der Waals surface area (Å²) in [5.41, 5.74) is 6.32. The number of aromatic nitrogens is 4. The van der Waals surface area contributed by atoms with E-state index in [0.717, 1.165) is 44.3 Å². The zero-order valence-electron chi connectivity index (χ0n) is 21.8. The van der Waals surface area contributed by atoms with Crippen LogP contribution >= 0.6 is 0 Å². The Morgan fingerprint density at radius 2 is 1.86 bits per heavy atom. The monoisotopic (exact) mass is 517 g/mol. The van der Waals surface area contributed by atoms with E-state index in [1.54, 1.807) is 12.4 Å². The zero-order valence-corrected chi connectivity index (χ0v) is 21.8. The van der Waals surface area contributed by atoms with Crippen LogP contribution in [0.1, 0.15) is 52.3 Å². The van der Waals surface area contributed by atoms with Gasteiger partial charge >= 0.3 is 6.01 Å². The fraction of sp³-hybridized carbons (Fsp3) is 0.615. The van der Waals surface area contributed by atoms with E-state index >= 15 is 0 Å². The summed E-state index contributed by atoms with van der Waals surface area (Å²) in [6.07, 6.45) is 9.34. The van der Waals surface area contributed by atoms with Crippen LogP contribution in [0.25, 0.3) is 0 Å². The first kappa shape index (κ1) is 27.0. The Hall–Kier alpha value is -3.08. The van der Waals surface area contributed by atoms with Crippen molar-refractivity contribution < 1.29 is 18.0 Å². The third kappa shape index (κ3) is 7.24. The molecule has 0 bridgehead atoms. The molecule has 37 heavy (non-hydrogen) atoms. The number of rotatable bonds is 9. The van der Waals surface area contributed by atoms with E-state index in [0.29, 0.717) is 43.1 Å². The first-order valence-corrected chi connectivity index (χ1v) is 13.1. The van der Waals surface area contributed by atoms with Crippen molar-refractivity contribution in [1.29, 1.82) is 0 Å². The molecule has 0 aromatic carbocycles. The highest BCUT2D eigenvalue weighted by Gasteiger charge is 2.30. The van der Waals surface area contributed by atoms with Gasteiger partial charge in [0.1, 0.15) is 5.83 Å². The molecule has 3 unspecified atom stereocenters. The Morgan fingerprint density at radius 3 is 2.49 bits per heavy atom. The Morgan fingerprint density at radius 1 is 1.16 bits per heavy atom. The summed E-state index contributed by atoms with van der Waals surface area (Å²) in [5.74, 6) is 1.55. The molecule has 3 atom stereocenters. The van der Waals surface area contributed by atoms with Crippen molar-refractivity contribution >= 4 is 12.0 Å². The number of piperidine rings is 2. The molecular formula is C26H37F2N7O2. The Kier molecular flexibility index (Phi) is 9.07. The fourth-order valence-corrected chi connectivity index (χ4v) is 4.91. The largest absolute Gasteiger partial charge is 0.487 e. The summed E-state index contributed by atoms with van der Waals surface area (Å²) in [5, 5.41) is 3.98. The van der Waals surface area contributed by atoms with E-state index in [2.05, 4.69) is 31.9 Å². The molecule has 2 aromatic heterocycles. The lowest BCUT2D eigenvalue weighted by Gasteiger charge is -2.36. The molecule has 0 aliphatic carbocycles. The van der Waals surface area contributed by atoms with Gasteiger partial charge in [0.2, 0.25) is 5.95 Å². The molecule has 2 aliphatic rings. The summed E-state index contributed by atoms with van der Waals surface area (Å²) in [6.45, 7) is 8.28. The summed E-state index contributed by atoms with van der Waals surface area (Å²) in [4.78, 5) is 17.6. The topological polar surface area (TPSA) is 106 Å². The highest BCUT2D eigenvalue weighted by molar-refractivity contribution is 5.33. The maximum absolute atomic E-state index is 14.1. The minimum Gasteiger partial charge on any atom is -0.487 e. The number of hydrogen-bond acceptors (Lipinski definition) is 9. The normalized spacial score (nSPS) is 22.9. The Bertz CT molecular complexity index is 1060. The van der Waals surface area contributed by atoms with Gasteiger partial charge in [-0.05, 0) is 57.1 Å². The van der Waals surface area contributed by atoms with Gasteiger partial charge < -0.3 is 24.8 Å². The van der Waals surface area contributed by atoms with Crippen molar-refractivity contribution in [3.8, 4) is 5.75 Å². The molecule has 2 aliphatic heterocycles. The molecular weight excluding hydrogens is 480 g/mol. The van der Waals surface area contributed by atoms with Gasteiger partial charge in [0.25, 0.3) is 0 Å². The zero-order chi connectivity index (χ0) is 26.4. The van der Waals surface area contributed by atoms with Gasteiger partial charge in [-0.2, -0.15) is 4.98 Å². The third-order valence-corrected chi connectivity index (χ3v) is 7.22. The molecule has 4 heterocycles. The lowest BCUT2D eigenvalue weighted by Crippen LogP contribution is -2.49. The van der Waals surface area contributed by atoms with Crippen molar-refractivity contribution in [2.45, 2.75) is 65.0 Å². The predicted molar refractivity (Wildman–Crippen MR) is 138 cm³/mol. The molecule has 0 amide bonds. The number of aryl methyl sites for hydroxylation is 1. The Balaban J connectivity index is 1.24. The van der Waals surface area contributed by atoms with E-state index in [1.807, 2.05) is 11.8 Å². The van der Waals surface area contributed by atoms with Crippen LogP contribution in [0.2, 0.25) is 0 Å². The van der Waals surface area contributed by atoms with Crippen LogP contribution in [0.3, 0.4) is 0 Å². The first-order chi connectivity index (χ1) is 17.8. The van der Waals surface area contributed by atoms with Crippen LogP contribution in [-0.2, 0) is 6.42 Å². The molecule has 2 fully saturated rings. The summed E-state index contributed by atoms with van der Waals surface area (Å²) in [7, 11) is 0. The predicted octanol–water partition coefficient (Wildman–Crippen LogP) is 4.38. The van der Waals surface area contributed by atoms with Crippen LogP contribution in [0.4, 0.5) is 20.7 Å². The highest BCUT2D eigenvalue weighted by atomic mass is 19.1. The van der Waals surface area contributed by atoms with Crippen molar-refractivity contribution in [2.24, 2.45) is 17.6 Å². The number of anilines is 2. The standard InChI is InChI=1S/C26H37F2N7O2/c1-4-24-32-26(37-33-24)34-10-7-19(8-11-34)18(3)36-22-14-30-25(31-15-22)35-12-9-20(23(29)16-35)13-21(28)6-5-17(2)27/h5-6,14-15,18-20,23H,4,7-13,16,29H2,1-3H3. The number of halogens is 2. The van der Waals surface area contributed by atoms with Crippen LogP contribution in [0.5, 0.6) is 5.75 Å². The van der Waals surface area contributed by atoms with Gasteiger partial charge in [0.05, 0.1) is 24.3 Å². The van der Waals surface area contributed by atoms with Crippen molar-refractivity contribution in [3.05, 3.63) is 42.0 Å². The second-order valence-electron chi connectivity index (χ2n) is 9.94. The molecule has 202 valence electrons. The van der Waals surface area contributed by atoms with Crippen molar-refractivity contribution in [3.63, 3.8) is 0 Å². The molecule has 9 nitrogen and oxygen atoms in total. The van der Waals surface area contributed by atoms with Gasteiger partial charge in [-0.25, -0.2) is 18.7 Å². The molecule has 0 radical (unpaired) electrons. The number of allylic oxidation sites excluding steroid dienone is 4. The summed E-state index contributed by atoms with van der Waals surface area (Å²) >= 11 is 0. The van der Waals surface area contributed by atoms with Crippen LogP contribution < -0.4 is 20.3 Å². The highest BCUT2D eigenvalue weighted by Crippen LogP contribution is 2.28. The van der Waals surface area contributed by atoms with E-state index < -0.39 is 5.83 Å².